The zero-order valence-corrected chi connectivity index (χ0v) is 31.3. The topological polar surface area (TPSA) is 94.5 Å². The van der Waals surface area contributed by atoms with Crippen molar-refractivity contribution in [3.05, 3.63) is 102 Å². The van der Waals surface area contributed by atoms with Gasteiger partial charge in [-0.05, 0) is 0 Å². The van der Waals surface area contributed by atoms with Crippen LogP contribution in [0.15, 0.2) is 102 Å². The summed E-state index contributed by atoms with van der Waals surface area (Å²) in [5.41, 5.74) is -1.21. The molecule has 3 aliphatic rings. The van der Waals surface area contributed by atoms with E-state index in [-0.39, 0.29) is 43.9 Å². The van der Waals surface area contributed by atoms with Crippen LogP contribution in [0, 0.1) is 11.3 Å². The number of carbonyl (C=O) groups excluding carboxylic acids is 1. The van der Waals surface area contributed by atoms with E-state index in [0.29, 0.717) is 31.6 Å². The van der Waals surface area contributed by atoms with Gasteiger partial charge in [0.1, 0.15) is 0 Å². The summed E-state index contributed by atoms with van der Waals surface area (Å²) >= 11 is -0.120. The van der Waals surface area contributed by atoms with E-state index in [0.717, 1.165) is 10.0 Å². The molecule has 0 bridgehead atoms. The summed E-state index contributed by atoms with van der Waals surface area (Å²) in [7, 11) is -2.94. The molecule has 48 heavy (non-hydrogen) atoms. The second-order valence-electron chi connectivity index (χ2n) is 14.4. The van der Waals surface area contributed by atoms with Crippen molar-refractivity contribution in [3.63, 3.8) is 0 Å². The maximum absolute atomic E-state index is 13.7. The first kappa shape index (κ1) is 35.2. The molecule has 7 nitrogen and oxygen atoms in total. The zero-order chi connectivity index (χ0) is 34.2. The van der Waals surface area contributed by atoms with Gasteiger partial charge in [0, 0.05) is 0 Å². The minimum atomic E-state index is -2.94. The predicted molar refractivity (Wildman–Crippen MR) is 190 cm³/mol. The van der Waals surface area contributed by atoms with Gasteiger partial charge >= 0.3 is 257 Å². The number of rotatable bonds is 10. The van der Waals surface area contributed by atoms with Gasteiger partial charge in [-0.3, -0.25) is 0 Å². The van der Waals surface area contributed by atoms with Crippen LogP contribution in [0.2, 0.25) is 5.04 Å². The zero-order valence-electron chi connectivity index (χ0n) is 28.6. The number of ether oxygens (including phenoxy) is 3. The summed E-state index contributed by atoms with van der Waals surface area (Å²) in [5.74, 6) is -0.877. The Morgan fingerprint density at radius 1 is 0.938 bits per heavy atom. The van der Waals surface area contributed by atoms with E-state index >= 15 is 0 Å². The molecule has 1 saturated carbocycles. The summed E-state index contributed by atoms with van der Waals surface area (Å²) in [5, 5.41) is 26.1. The van der Waals surface area contributed by atoms with E-state index in [4.69, 9.17) is 18.6 Å². The van der Waals surface area contributed by atoms with Gasteiger partial charge in [-0.1, -0.05) is 36.4 Å². The number of aliphatic hydroxyl groups excluding tert-OH is 1. The van der Waals surface area contributed by atoms with E-state index in [1.807, 2.05) is 42.5 Å². The van der Waals surface area contributed by atoms with E-state index < -0.39 is 37.7 Å². The Labute approximate surface area is 291 Å². The molecule has 0 unspecified atom stereocenters. The van der Waals surface area contributed by atoms with E-state index in [1.165, 1.54) is 10.4 Å². The molecule has 6 rings (SSSR count). The number of carbonyl (C=O) groups is 1. The van der Waals surface area contributed by atoms with Crippen molar-refractivity contribution in [2.45, 2.75) is 83.0 Å². The predicted octanol–water partition coefficient (Wildman–Crippen LogP) is 4.06. The van der Waals surface area contributed by atoms with Gasteiger partial charge in [-0.25, -0.2) is 0 Å². The molecule has 1 heterocycles. The Hall–Kier alpha value is -2.59. The molecule has 0 amide bonds. The number of fused-ring (bicyclic) bond motifs is 1. The number of aliphatic hydroxyl groups is 2. The van der Waals surface area contributed by atoms with Gasteiger partial charge in [0.05, 0.1) is 0 Å². The van der Waals surface area contributed by atoms with Crippen molar-refractivity contribution in [2.24, 2.45) is 11.3 Å². The van der Waals surface area contributed by atoms with Crippen LogP contribution in [-0.4, -0.2) is 82.3 Å². The Morgan fingerprint density at radius 3 is 2.02 bits per heavy atom. The van der Waals surface area contributed by atoms with Crippen LogP contribution in [0.5, 0.6) is 0 Å². The van der Waals surface area contributed by atoms with Crippen molar-refractivity contribution in [1.82, 2.24) is 0 Å². The third-order valence-electron chi connectivity index (χ3n) is 10.9. The van der Waals surface area contributed by atoms with Crippen molar-refractivity contribution in [2.75, 3.05) is 18.7 Å². The molecule has 1 saturated heterocycles. The van der Waals surface area contributed by atoms with Crippen molar-refractivity contribution < 1.29 is 33.6 Å². The summed E-state index contributed by atoms with van der Waals surface area (Å²) in [4.78, 5) is 13.7. The monoisotopic (exact) mass is 736 g/mol. The number of hydrogen-bond acceptors (Lipinski definition) is 7. The summed E-state index contributed by atoms with van der Waals surface area (Å²) in [6.45, 7) is 11.8. The molecule has 0 spiro atoms. The van der Waals surface area contributed by atoms with Crippen LogP contribution >= 0.6 is 0 Å². The molecule has 2 N–H and O–H groups in total. The fraction of sp³-hybridized carbons (Fsp3) is 0.462. The van der Waals surface area contributed by atoms with E-state index in [1.54, 1.807) is 6.92 Å². The molecule has 2 aliphatic carbocycles. The standard InChI is InChI=1S/C39H48O7SeSi/c1-27-32-23-33(46-48(37(3,4)5,30-17-11-7-12-18-30)31-19-13-8-14-20-31)28(2)38(32,25-35-43-21-22-44-35)24-34(40)39(27,42)36(41)45-26-47-29-15-9-6-10-16-29/h6-20,28,33-35,40,42H,21-26H2,1-5H3/t28-,33+,34+,38-,39-/m1/s1. The van der Waals surface area contributed by atoms with Gasteiger partial charge in [-0.2, -0.15) is 0 Å². The fourth-order valence-corrected chi connectivity index (χ4v) is 14.5. The van der Waals surface area contributed by atoms with Gasteiger partial charge in [0.15, 0.2) is 0 Å². The van der Waals surface area contributed by atoms with Crippen LogP contribution in [0.4, 0.5) is 0 Å². The summed E-state index contributed by atoms with van der Waals surface area (Å²) in [6.07, 6.45) is -0.884. The van der Waals surface area contributed by atoms with Gasteiger partial charge in [0.25, 0.3) is 0 Å². The first-order valence-electron chi connectivity index (χ1n) is 16.9. The number of hydrogen-bond donors (Lipinski definition) is 2. The molecule has 256 valence electrons. The summed E-state index contributed by atoms with van der Waals surface area (Å²) < 4.78 is 26.5. The van der Waals surface area contributed by atoms with Crippen molar-refractivity contribution in [3.8, 4) is 0 Å². The van der Waals surface area contributed by atoms with Gasteiger partial charge in [-0.15, -0.1) is 0 Å². The second kappa shape index (κ2) is 14.0. The van der Waals surface area contributed by atoms with Crippen LogP contribution in [0.3, 0.4) is 0 Å². The van der Waals surface area contributed by atoms with Crippen LogP contribution < -0.4 is 14.8 Å². The van der Waals surface area contributed by atoms with Crippen molar-refractivity contribution in [1.29, 1.82) is 0 Å². The van der Waals surface area contributed by atoms with Crippen LogP contribution in [-0.2, 0) is 23.4 Å². The Morgan fingerprint density at radius 2 is 1.48 bits per heavy atom. The quantitative estimate of drug-likeness (QED) is 0.184. The van der Waals surface area contributed by atoms with E-state index in [9.17, 15) is 15.0 Å². The van der Waals surface area contributed by atoms with Crippen LogP contribution in [0.1, 0.15) is 53.9 Å². The third kappa shape index (κ3) is 6.18. The summed E-state index contributed by atoms with van der Waals surface area (Å²) in [6, 6.07) is 31.0. The van der Waals surface area contributed by atoms with Crippen molar-refractivity contribution >= 4 is 44.1 Å². The van der Waals surface area contributed by atoms with Gasteiger partial charge in [0.2, 0.25) is 0 Å². The molecule has 2 fully saturated rings. The first-order valence-corrected chi connectivity index (χ1v) is 20.9. The third-order valence-corrected chi connectivity index (χ3v) is 17.8. The fourth-order valence-electron chi connectivity index (χ4n) is 8.36. The molecule has 1 aliphatic heterocycles. The molecule has 3 aromatic rings. The number of esters is 1. The molecular weight excluding hydrogens is 687 g/mol. The Kier molecular flexibility index (Phi) is 10.3. The first-order chi connectivity index (χ1) is 22.9. The maximum atomic E-state index is 13.7. The minimum absolute atomic E-state index is 0.0754. The molecule has 0 aromatic heterocycles. The molecule has 0 radical (unpaired) electrons. The number of benzene rings is 3. The van der Waals surface area contributed by atoms with E-state index in [2.05, 4.69) is 76.2 Å². The average Bonchev–Trinajstić information content (AvgIpc) is 3.69. The molecule has 3 aromatic carbocycles. The molecule has 9 heteroatoms. The average molecular weight is 736 g/mol. The Balaban J connectivity index is 1.40. The SMILES string of the molecule is CC1=C2C[C@H](O[Si](c3ccccc3)(c3ccccc3)C(C)(C)C)[C@@H](C)[C@]2(CC2OCCO2)C[C@H](O)[C@@]1(O)C(=O)OC[Se]c1ccccc1. The Bertz CT molecular complexity index is 1550. The molecule has 5 atom stereocenters. The normalized spacial score (nSPS) is 28.0. The van der Waals surface area contributed by atoms with Gasteiger partial charge < -0.3 is 0 Å². The molecular formula is C39H48O7SeSi. The second-order valence-corrected chi connectivity index (χ2v) is 20.8. The van der Waals surface area contributed by atoms with Crippen LogP contribution in [0.25, 0.3) is 0 Å².